The van der Waals surface area contributed by atoms with Gasteiger partial charge >= 0.3 is 5.97 Å². The van der Waals surface area contributed by atoms with Crippen LogP contribution in [0.25, 0.3) is 0 Å². The van der Waals surface area contributed by atoms with E-state index in [-0.39, 0.29) is 36.6 Å². The Morgan fingerprint density at radius 2 is 2.11 bits per heavy atom. The Hall–Kier alpha value is -1.99. The van der Waals surface area contributed by atoms with Gasteiger partial charge in [-0.2, -0.15) is 0 Å². The summed E-state index contributed by atoms with van der Waals surface area (Å²) in [6.07, 6.45) is 0.216. The number of benzene rings is 1. The van der Waals surface area contributed by atoms with Gasteiger partial charge in [0.15, 0.2) is 6.61 Å². The highest BCUT2D eigenvalue weighted by Gasteiger charge is 2.35. The maximum Gasteiger partial charge on any atom is 0.308 e. The van der Waals surface area contributed by atoms with Crippen molar-refractivity contribution in [3.05, 3.63) is 28.2 Å². The fourth-order valence-corrected chi connectivity index (χ4v) is 3.01. The summed E-state index contributed by atoms with van der Waals surface area (Å²) in [6, 6.07) is 3.73. The summed E-state index contributed by atoms with van der Waals surface area (Å²) in [4.78, 5) is 38.1. The maximum absolute atomic E-state index is 12.6. The first-order valence-electron chi connectivity index (χ1n) is 8.66. The van der Waals surface area contributed by atoms with Gasteiger partial charge in [0.05, 0.1) is 17.5 Å². The van der Waals surface area contributed by atoms with Gasteiger partial charge in [-0.15, -0.1) is 0 Å². The molecule has 0 aromatic heterocycles. The van der Waals surface area contributed by atoms with Gasteiger partial charge < -0.3 is 19.7 Å². The third-order valence-electron chi connectivity index (χ3n) is 4.16. The van der Waals surface area contributed by atoms with E-state index >= 15 is 0 Å². The number of nitrogens with zero attached hydrogens (tertiary/aromatic N) is 1. The van der Waals surface area contributed by atoms with Gasteiger partial charge in [0.25, 0.3) is 5.91 Å². The number of piperazine rings is 1. The van der Waals surface area contributed by atoms with E-state index in [1.54, 1.807) is 19.1 Å². The average Bonchev–Trinajstić information content (AvgIpc) is 2.62. The second-order valence-electron chi connectivity index (χ2n) is 6.17. The molecule has 0 saturated carbocycles. The van der Waals surface area contributed by atoms with Gasteiger partial charge in [-0.3, -0.25) is 14.4 Å². The standard InChI is InChI=1S/C18H22Cl2N2O5/c1-3-11(2)27-17(24)9-14-18(25)21-6-7-22(14)16(23)10-26-15-5-4-12(19)8-13(15)20/h4-5,8,11,14H,3,6-7,9-10H2,1-2H3,(H,21,25). The van der Waals surface area contributed by atoms with Crippen molar-refractivity contribution in [2.24, 2.45) is 0 Å². The van der Waals surface area contributed by atoms with Crippen LogP contribution in [-0.4, -0.2) is 54.5 Å². The first-order valence-corrected chi connectivity index (χ1v) is 9.42. The molecule has 2 rings (SSSR count). The van der Waals surface area contributed by atoms with Crippen LogP contribution < -0.4 is 10.1 Å². The fraction of sp³-hybridized carbons (Fsp3) is 0.500. The van der Waals surface area contributed by atoms with Crippen LogP contribution in [0.3, 0.4) is 0 Å². The lowest BCUT2D eigenvalue weighted by atomic mass is 10.1. The number of halogens is 2. The molecule has 1 heterocycles. The minimum atomic E-state index is -0.924. The summed E-state index contributed by atoms with van der Waals surface area (Å²) in [5, 5.41) is 3.39. The predicted molar refractivity (Wildman–Crippen MR) is 101 cm³/mol. The molecule has 1 saturated heterocycles. The van der Waals surface area contributed by atoms with Gasteiger partial charge in [-0.1, -0.05) is 30.1 Å². The molecule has 0 bridgehead atoms. The maximum atomic E-state index is 12.6. The third-order valence-corrected chi connectivity index (χ3v) is 4.69. The first-order chi connectivity index (χ1) is 12.8. The highest BCUT2D eigenvalue weighted by atomic mass is 35.5. The van der Waals surface area contributed by atoms with Crippen LogP contribution in [0.2, 0.25) is 10.0 Å². The molecule has 1 aromatic carbocycles. The van der Waals surface area contributed by atoms with E-state index < -0.39 is 17.9 Å². The molecular formula is C18H22Cl2N2O5. The van der Waals surface area contributed by atoms with Crippen molar-refractivity contribution >= 4 is 41.0 Å². The molecule has 9 heteroatoms. The number of amides is 2. The van der Waals surface area contributed by atoms with E-state index in [4.69, 9.17) is 32.7 Å². The van der Waals surface area contributed by atoms with Crippen molar-refractivity contribution in [2.45, 2.75) is 38.8 Å². The Morgan fingerprint density at radius 3 is 2.78 bits per heavy atom. The van der Waals surface area contributed by atoms with Crippen molar-refractivity contribution in [1.82, 2.24) is 10.2 Å². The third kappa shape index (κ3) is 6.01. The fourth-order valence-electron chi connectivity index (χ4n) is 2.54. The Morgan fingerprint density at radius 1 is 1.37 bits per heavy atom. The van der Waals surface area contributed by atoms with Gasteiger partial charge in [0.1, 0.15) is 11.8 Å². The first kappa shape index (κ1) is 21.3. The van der Waals surface area contributed by atoms with Gasteiger partial charge in [-0.05, 0) is 31.5 Å². The quantitative estimate of drug-likeness (QED) is 0.689. The average molecular weight is 417 g/mol. The van der Waals surface area contributed by atoms with E-state index in [0.29, 0.717) is 23.7 Å². The Balaban J connectivity index is 2.00. The molecule has 148 valence electrons. The number of nitrogens with one attached hydrogen (secondary N) is 1. The van der Waals surface area contributed by atoms with E-state index in [0.717, 1.165) is 0 Å². The van der Waals surface area contributed by atoms with Crippen LogP contribution in [-0.2, 0) is 19.1 Å². The summed E-state index contributed by atoms with van der Waals surface area (Å²) < 4.78 is 10.7. The number of esters is 1. The molecular weight excluding hydrogens is 395 g/mol. The van der Waals surface area contributed by atoms with Crippen LogP contribution in [0, 0.1) is 0 Å². The lowest BCUT2D eigenvalue weighted by Crippen LogP contribution is -2.58. The second kappa shape index (κ2) is 9.80. The van der Waals surface area contributed by atoms with E-state index in [9.17, 15) is 14.4 Å². The van der Waals surface area contributed by atoms with Crippen LogP contribution in [0.15, 0.2) is 18.2 Å². The molecule has 2 amide bonds. The minimum Gasteiger partial charge on any atom is -0.482 e. The molecule has 2 unspecified atom stereocenters. The smallest absolute Gasteiger partial charge is 0.308 e. The Labute approximate surface area is 167 Å². The predicted octanol–water partition coefficient (Wildman–Crippen LogP) is 2.43. The zero-order chi connectivity index (χ0) is 20.0. The van der Waals surface area contributed by atoms with Crippen molar-refractivity contribution in [2.75, 3.05) is 19.7 Å². The van der Waals surface area contributed by atoms with Crippen molar-refractivity contribution < 1.29 is 23.9 Å². The molecule has 2 atom stereocenters. The molecule has 27 heavy (non-hydrogen) atoms. The summed E-state index contributed by atoms with van der Waals surface area (Å²) >= 11 is 11.8. The summed E-state index contributed by atoms with van der Waals surface area (Å²) in [5.41, 5.74) is 0. The SMILES string of the molecule is CCC(C)OC(=O)CC1C(=O)NCCN1C(=O)COc1ccc(Cl)cc1Cl. The van der Waals surface area contributed by atoms with Crippen LogP contribution in [0.5, 0.6) is 5.75 Å². The number of carbonyl (C=O) groups is 3. The van der Waals surface area contributed by atoms with Gasteiger partial charge in [0.2, 0.25) is 5.91 Å². The highest BCUT2D eigenvalue weighted by Crippen LogP contribution is 2.27. The molecule has 1 aliphatic heterocycles. The molecule has 1 N–H and O–H groups in total. The molecule has 1 aromatic rings. The Kier molecular flexibility index (Phi) is 7.74. The van der Waals surface area contributed by atoms with E-state index in [1.807, 2.05) is 6.92 Å². The number of hydrogen-bond donors (Lipinski definition) is 1. The molecule has 0 aliphatic carbocycles. The zero-order valence-electron chi connectivity index (χ0n) is 15.2. The van der Waals surface area contributed by atoms with Gasteiger partial charge in [0, 0.05) is 18.1 Å². The number of ether oxygens (including phenoxy) is 2. The summed E-state index contributed by atoms with van der Waals surface area (Å²) in [6.45, 7) is 3.93. The van der Waals surface area contributed by atoms with Crippen molar-refractivity contribution in [3.63, 3.8) is 0 Å². The summed E-state index contributed by atoms with van der Waals surface area (Å²) in [5.74, 6) is -1.02. The number of carbonyl (C=O) groups excluding carboxylic acids is 3. The topological polar surface area (TPSA) is 84.9 Å². The lowest BCUT2D eigenvalue weighted by Gasteiger charge is -2.34. The number of hydrogen-bond acceptors (Lipinski definition) is 5. The molecule has 1 aliphatic rings. The highest BCUT2D eigenvalue weighted by molar-refractivity contribution is 6.35. The normalized spacial score (nSPS) is 17.9. The largest absolute Gasteiger partial charge is 0.482 e. The minimum absolute atomic E-state index is 0.205. The van der Waals surface area contributed by atoms with Crippen molar-refractivity contribution in [3.8, 4) is 5.75 Å². The monoisotopic (exact) mass is 416 g/mol. The van der Waals surface area contributed by atoms with Crippen LogP contribution in [0.1, 0.15) is 26.7 Å². The molecule has 0 spiro atoms. The van der Waals surface area contributed by atoms with Crippen molar-refractivity contribution in [1.29, 1.82) is 0 Å². The molecule has 7 nitrogen and oxygen atoms in total. The Bertz CT molecular complexity index is 713. The van der Waals surface area contributed by atoms with Crippen LogP contribution >= 0.6 is 23.2 Å². The number of rotatable bonds is 7. The summed E-state index contributed by atoms with van der Waals surface area (Å²) in [7, 11) is 0. The van der Waals surface area contributed by atoms with E-state index in [1.165, 1.54) is 11.0 Å². The molecule has 1 fully saturated rings. The lowest BCUT2D eigenvalue weighted by molar-refractivity contribution is -0.155. The zero-order valence-corrected chi connectivity index (χ0v) is 16.7. The van der Waals surface area contributed by atoms with E-state index in [2.05, 4.69) is 5.32 Å². The molecule has 0 radical (unpaired) electrons. The van der Waals surface area contributed by atoms with Crippen LogP contribution in [0.4, 0.5) is 0 Å². The van der Waals surface area contributed by atoms with Gasteiger partial charge in [-0.25, -0.2) is 0 Å². The second-order valence-corrected chi connectivity index (χ2v) is 7.01.